The number of aromatic nitrogens is 5. The quantitative estimate of drug-likeness (QED) is 0.782. The fraction of sp³-hybridized carbons (Fsp3) is 0.286. The Balaban J connectivity index is 1.81. The van der Waals surface area contributed by atoms with Gasteiger partial charge in [-0.15, -0.1) is 5.10 Å². The van der Waals surface area contributed by atoms with Crippen molar-refractivity contribution in [2.75, 3.05) is 11.9 Å². The number of benzene rings is 1. The molecule has 0 aliphatic carbocycles. The molecule has 20 heavy (non-hydrogen) atoms. The fourth-order valence-electron chi connectivity index (χ4n) is 2.10. The monoisotopic (exact) mass is 268 g/mol. The Hall–Kier alpha value is -2.50. The highest BCUT2D eigenvalue weighted by Gasteiger charge is 2.20. The molecule has 0 unspecified atom stereocenters. The summed E-state index contributed by atoms with van der Waals surface area (Å²) in [5, 5.41) is 14.8. The molecule has 0 aliphatic heterocycles. The van der Waals surface area contributed by atoms with E-state index >= 15 is 0 Å². The zero-order valence-electron chi connectivity index (χ0n) is 11.5. The molecule has 3 rings (SSSR count). The molecule has 2 heterocycles. The van der Waals surface area contributed by atoms with Crippen LogP contribution in [-0.4, -0.2) is 31.6 Å². The summed E-state index contributed by atoms with van der Waals surface area (Å²) in [6.45, 7) is 5.16. The number of fused-ring (bicyclic) bond motifs is 1. The van der Waals surface area contributed by atoms with E-state index in [1.807, 2.05) is 6.07 Å². The van der Waals surface area contributed by atoms with Crippen molar-refractivity contribution in [3.63, 3.8) is 0 Å². The van der Waals surface area contributed by atoms with E-state index in [4.69, 9.17) is 0 Å². The summed E-state index contributed by atoms with van der Waals surface area (Å²) >= 11 is 0. The molecule has 3 aromatic rings. The molecule has 6 nitrogen and oxygen atoms in total. The van der Waals surface area contributed by atoms with E-state index in [-0.39, 0.29) is 5.41 Å². The first-order chi connectivity index (χ1) is 9.67. The first-order valence-electron chi connectivity index (χ1n) is 6.48. The third kappa shape index (κ3) is 2.32. The zero-order valence-corrected chi connectivity index (χ0v) is 11.5. The summed E-state index contributed by atoms with van der Waals surface area (Å²) in [4.78, 5) is 4.13. The molecular formula is C14H16N6. The van der Waals surface area contributed by atoms with E-state index in [0.29, 0.717) is 5.65 Å². The molecule has 1 aromatic carbocycles. The van der Waals surface area contributed by atoms with Crippen molar-refractivity contribution in [1.29, 1.82) is 0 Å². The smallest absolute Gasteiger partial charge is 0.199 e. The van der Waals surface area contributed by atoms with Crippen LogP contribution in [0.1, 0.15) is 19.4 Å². The summed E-state index contributed by atoms with van der Waals surface area (Å²) in [6.07, 6.45) is 3.36. The molecule has 0 atom stereocenters. The lowest BCUT2D eigenvalue weighted by atomic mass is 9.85. The van der Waals surface area contributed by atoms with Crippen LogP contribution in [0.2, 0.25) is 0 Å². The van der Waals surface area contributed by atoms with E-state index in [1.165, 1.54) is 5.56 Å². The Labute approximate surface area is 116 Å². The van der Waals surface area contributed by atoms with Gasteiger partial charge in [-0.25, -0.2) is 0 Å². The third-order valence-corrected chi connectivity index (χ3v) is 3.38. The molecule has 0 aliphatic rings. The second-order valence-corrected chi connectivity index (χ2v) is 5.34. The second kappa shape index (κ2) is 4.88. The first kappa shape index (κ1) is 12.5. The molecule has 0 radical (unpaired) electrons. The van der Waals surface area contributed by atoms with Crippen molar-refractivity contribution >= 4 is 11.5 Å². The van der Waals surface area contributed by atoms with Crippen LogP contribution in [0.3, 0.4) is 0 Å². The van der Waals surface area contributed by atoms with Crippen molar-refractivity contribution in [2.24, 2.45) is 0 Å². The van der Waals surface area contributed by atoms with Gasteiger partial charge >= 0.3 is 0 Å². The molecule has 0 amide bonds. The van der Waals surface area contributed by atoms with Crippen LogP contribution < -0.4 is 5.32 Å². The fourth-order valence-corrected chi connectivity index (χ4v) is 2.10. The molecule has 6 heteroatoms. The number of rotatable bonds is 4. The van der Waals surface area contributed by atoms with Crippen LogP contribution in [0.4, 0.5) is 5.82 Å². The number of nitrogens with one attached hydrogen (secondary N) is 1. The summed E-state index contributed by atoms with van der Waals surface area (Å²) in [5.74, 6) is 0.788. The van der Waals surface area contributed by atoms with Gasteiger partial charge in [0.1, 0.15) is 5.82 Å². The van der Waals surface area contributed by atoms with E-state index < -0.39 is 0 Å². The van der Waals surface area contributed by atoms with Gasteiger partial charge in [0.2, 0.25) is 0 Å². The van der Waals surface area contributed by atoms with Crippen molar-refractivity contribution in [1.82, 2.24) is 25.0 Å². The predicted molar refractivity (Wildman–Crippen MR) is 76.5 cm³/mol. The van der Waals surface area contributed by atoms with Gasteiger partial charge in [-0.1, -0.05) is 44.2 Å². The van der Waals surface area contributed by atoms with E-state index in [1.54, 1.807) is 16.9 Å². The normalized spacial score (nSPS) is 11.7. The number of hydrogen-bond acceptors (Lipinski definition) is 5. The van der Waals surface area contributed by atoms with Gasteiger partial charge < -0.3 is 5.32 Å². The average molecular weight is 268 g/mol. The largest absolute Gasteiger partial charge is 0.368 e. The van der Waals surface area contributed by atoms with E-state index in [9.17, 15) is 0 Å². The minimum absolute atomic E-state index is 0.00254. The van der Waals surface area contributed by atoms with Gasteiger partial charge in [0, 0.05) is 12.0 Å². The van der Waals surface area contributed by atoms with Gasteiger partial charge in [-0.05, 0) is 16.0 Å². The van der Waals surface area contributed by atoms with Gasteiger partial charge in [-0.3, -0.25) is 4.98 Å². The van der Waals surface area contributed by atoms with Crippen LogP contribution in [0.25, 0.3) is 5.65 Å². The predicted octanol–water partition coefficient (Wildman–Crippen LogP) is 1.91. The number of tetrazole rings is 1. The Morgan fingerprint density at radius 3 is 2.75 bits per heavy atom. The summed E-state index contributed by atoms with van der Waals surface area (Å²) < 4.78 is 1.65. The molecule has 2 aromatic heterocycles. The van der Waals surface area contributed by atoms with Crippen LogP contribution in [0.15, 0.2) is 42.7 Å². The summed E-state index contributed by atoms with van der Waals surface area (Å²) in [7, 11) is 0. The van der Waals surface area contributed by atoms with E-state index in [0.717, 1.165) is 12.4 Å². The highest BCUT2D eigenvalue weighted by atomic mass is 15.5. The topological polar surface area (TPSA) is 68.0 Å². The van der Waals surface area contributed by atoms with Gasteiger partial charge in [-0.2, -0.15) is 4.52 Å². The highest BCUT2D eigenvalue weighted by molar-refractivity contribution is 5.44. The number of anilines is 1. The van der Waals surface area contributed by atoms with Crippen LogP contribution in [0.5, 0.6) is 0 Å². The molecule has 0 saturated carbocycles. The lowest BCUT2D eigenvalue weighted by molar-refractivity contribution is 0.555. The maximum absolute atomic E-state index is 4.13. The molecule has 102 valence electrons. The molecule has 0 saturated heterocycles. The van der Waals surface area contributed by atoms with Crippen LogP contribution in [0, 0.1) is 0 Å². The average Bonchev–Trinajstić information content (AvgIpc) is 2.95. The maximum atomic E-state index is 4.13. The molecule has 0 bridgehead atoms. The number of nitrogens with zero attached hydrogens (tertiary/aromatic N) is 5. The minimum atomic E-state index is -0.00254. The lowest BCUT2D eigenvalue weighted by Gasteiger charge is -2.26. The maximum Gasteiger partial charge on any atom is 0.199 e. The zero-order chi connectivity index (χ0) is 14.0. The molecule has 0 spiro atoms. The van der Waals surface area contributed by atoms with Crippen LogP contribution in [-0.2, 0) is 5.41 Å². The Morgan fingerprint density at radius 2 is 1.95 bits per heavy atom. The van der Waals surface area contributed by atoms with Crippen molar-refractivity contribution in [3.05, 3.63) is 48.3 Å². The van der Waals surface area contributed by atoms with Crippen molar-refractivity contribution < 1.29 is 0 Å². The van der Waals surface area contributed by atoms with Gasteiger partial charge in [0.25, 0.3) is 0 Å². The minimum Gasteiger partial charge on any atom is -0.368 e. The van der Waals surface area contributed by atoms with E-state index in [2.05, 4.69) is 63.9 Å². The molecule has 1 N–H and O–H groups in total. The van der Waals surface area contributed by atoms with Gasteiger partial charge in [0.05, 0.1) is 12.4 Å². The summed E-state index contributed by atoms with van der Waals surface area (Å²) in [5.41, 5.74) is 1.91. The lowest BCUT2D eigenvalue weighted by Crippen LogP contribution is -2.28. The number of hydrogen-bond donors (Lipinski definition) is 1. The molecular weight excluding hydrogens is 252 g/mol. The highest BCUT2D eigenvalue weighted by Crippen LogP contribution is 2.23. The van der Waals surface area contributed by atoms with Crippen molar-refractivity contribution in [3.8, 4) is 0 Å². The molecule has 0 fully saturated rings. The second-order valence-electron chi connectivity index (χ2n) is 5.34. The van der Waals surface area contributed by atoms with Crippen LogP contribution >= 0.6 is 0 Å². The summed E-state index contributed by atoms with van der Waals surface area (Å²) in [6, 6.07) is 10.4. The Kier molecular flexibility index (Phi) is 3.06. The Bertz CT molecular complexity index is 704. The first-order valence-corrected chi connectivity index (χ1v) is 6.48. The standard InChI is InChI=1S/C14H16N6/c1-14(2,11-6-4-3-5-7-11)10-16-12-8-15-9-13-17-18-19-20(12)13/h3-9,16H,10H2,1-2H3. The van der Waals surface area contributed by atoms with Crippen molar-refractivity contribution in [2.45, 2.75) is 19.3 Å². The Morgan fingerprint density at radius 1 is 1.15 bits per heavy atom. The van der Waals surface area contributed by atoms with Gasteiger partial charge in [0.15, 0.2) is 5.65 Å². The SMILES string of the molecule is CC(C)(CNc1cncc2nnnn12)c1ccccc1. The third-order valence-electron chi connectivity index (χ3n) is 3.38.